The lowest BCUT2D eigenvalue weighted by atomic mass is 10.1. The lowest BCUT2D eigenvalue weighted by Gasteiger charge is -2.39. The summed E-state index contributed by atoms with van der Waals surface area (Å²) >= 11 is 0. The summed E-state index contributed by atoms with van der Waals surface area (Å²) in [4.78, 5) is 29.4. The molecule has 1 aliphatic rings. The number of hydrogen-bond donors (Lipinski definition) is 0. The molecular formula is C17H24FN3O3. The Labute approximate surface area is 141 Å². The van der Waals surface area contributed by atoms with Crippen LogP contribution in [0.15, 0.2) is 24.3 Å². The molecule has 1 fully saturated rings. The maximum absolute atomic E-state index is 12.8. The normalized spacial score (nSPS) is 18.3. The van der Waals surface area contributed by atoms with E-state index in [1.54, 1.807) is 29.0 Å². The van der Waals surface area contributed by atoms with Crippen LogP contribution in [0.2, 0.25) is 0 Å². The highest BCUT2D eigenvalue weighted by atomic mass is 19.1. The number of rotatable bonds is 5. The second-order valence-corrected chi connectivity index (χ2v) is 6.02. The number of carbonyl (C=O) groups is 2. The molecule has 0 spiro atoms. The van der Waals surface area contributed by atoms with E-state index in [2.05, 4.69) is 0 Å². The van der Waals surface area contributed by atoms with Gasteiger partial charge >= 0.3 is 0 Å². The van der Waals surface area contributed by atoms with Gasteiger partial charge in [-0.1, -0.05) is 0 Å². The van der Waals surface area contributed by atoms with Gasteiger partial charge in [0, 0.05) is 33.6 Å². The topological polar surface area (TPSA) is 53.1 Å². The van der Waals surface area contributed by atoms with Gasteiger partial charge in [0.05, 0.1) is 6.54 Å². The zero-order chi connectivity index (χ0) is 17.7. The molecule has 0 N–H and O–H groups in total. The summed E-state index contributed by atoms with van der Waals surface area (Å²) < 4.78 is 18.3. The van der Waals surface area contributed by atoms with Crippen molar-refractivity contribution in [1.82, 2.24) is 14.7 Å². The summed E-state index contributed by atoms with van der Waals surface area (Å²) in [6, 6.07) is 5.43. The summed E-state index contributed by atoms with van der Waals surface area (Å²) in [5, 5.41) is 0. The quantitative estimate of drug-likeness (QED) is 0.798. The SMILES string of the molecule is CC(=O)N1CCN(C)C(C(=O)N(C)CCOc2ccc(F)cc2)C1. The zero-order valence-electron chi connectivity index (χ0n) is 14.4. The number of benzene rings is 1. The Balaban J connectivity index is 1.84. The highest BCUT2D eigenvalue weighted by molar-refractivity contribution is 5.83. The molecule has 1 unspecified atom stereocenters. The fourth-order valence-corrected chi connectivity index (χ4v) is 2.62. The molecular weight excluding hydrogens is 313 g/mol. The van der Waals surface area contributed by atoms with Crippen molar-refractivity contribution in [1.29, 1.82) is 0 Å². The maximum Gasteiger partial charge on any atom is 0.241 e. The first-order valence-corrected chi connectivity index (χ1v) is 7.97. The Hall–Kier alpha value is -2.15. The average Bonchev–Trinajstić information content (AvgIpc) is 2.56. The van der Waals surface area contributed by atoms with E-state index in [1.807, 2.05) is 11.9 Å². The van der Waals surface area contributed by atoms with Gasteiger partial charge in [0.2, 0.25) is 11.8 Å². The maximum atomic E-state index is 12.8. The Morgan fingerprint density at radius 3 is 2.58 bits per heavy atom. The van der Waals surface area contributed by atoms with Gasteiger partial charge in [0.25, 0.3) is 0 Å². The minimum atomic E-state index is -0.335. The number of nitrogens with zero attached hydrogens (tertiary/aromatic N) is 3. The first kappa shape index (κ1) is 18.2. The van der Waals surface area contributed by atoms with Crippen LogP contribution < -0.4 is 4.74 Å². The number of carbonyl (C=O) groups excluding carboxylic acids is 2. The monoisotopic (exact) mass is 337 g/mol. The van der Waals surface area contributed by atoms with Gasteiger partial charge in [-0.05, 0) is 31.3 Å². The molecule has 0 radical (unpaired) electrons. The third-order valence-corrected chi connectivity index (χ3v) is 4.26. The van der Waals surface area contributed by atoms with Crippen LogP contribution in [0, 0.1) is 5.82 Å². The smallest absolute Gasteiger partial charge is 0.241 e. The van der Waals surface area contributed by atoms with E-state index in [0.717, 1.165) is 0 Å². The second-order valence-electron chi connectivity index (χ2n) is 6.02. The number of amides is 2. The molecule has 2 rings (SSSR count). The summed E-state index contributed by atoms with van der Waals surface area (Å²) in [5.74, 6) is 0.203. The van der Waals surface area contributed by atoms with Crippen molar-refractivity contribution in [3.05, 3.63) is 30.1 Å². The van der Waals surface area contributed by atoms with E-state index in [4.69, 9.17) is 4.74 Å². The number of halogens is 1. The van der Waals surface area contributed by atoms with E-state index in [9.17, 15) is 14.0 Å². The van der Waals surface area contributed by atoms with Crippen LogP contribution in [0.4, 0.5) is 4.39 Å². The van der Waals surface area contributed by atoms with Crippen molar-refractivity contribution in [2.45, 2.75) is 13.0 Å². The predicted octanol–water partition coefficient (Wildman–Crippen LogP) is 0.825. The molecule has 24 heavy (non-hydrogen) atoms. The fraction of sp³-hybridized carbons (Fsp3) is 0.529. The molecule has 0 aliphatic carbocycles. The molecule has 1 saturated heterocycles. The van der Waals surface area contributed by atoms with Crippen molar-refractivity contribution in [3.8, 4) is 5.75 Å². The first-order chi connectivity index (χ1) is 11.4. The molecule has 1 aromatic carbocycles. The zero-order valence-corrected chi connectivity index (χ0v) is 14.4. The standard InChI is InChI=1S/C17H24FN3O3/c1-13(22)21-9-8-19(2)16(12-21)17(23)20(3)10-11-24-15-6-4-14(18)5-7-15/h4-7,16H,8-12H2,1-3H3. The van der Waals surface area contributed by atoms with Crippen molar-refractivity contribution in [3.63, 3.8) is 0 Å². The number of piperazine rings is 1. The third kappa shape index (κ3) is 4.67. The molecule has 132 valence electrons. The molecule has 1 aliphatic heterocycles. The molecule has 0 aromatic heterocycles. The summed E-state index contributed by atoms with van der Waals surface area (Å²) in [6.45, 7) is 3.99. The van der Waals surface area contributed by atoms with Crippen molar-refractivity contribution in [2.24, 2.45) is 0 Å². The molecule has 1 heterocycles. The number of hydrogen-bond acceptors (Lipinski definition) is 4. The van der Waals surface area contributed by atoms with Crippen LogP contribution in [0.1, 0.15) is 6.92 Å². The van der Waals surface area contributed by atoms with Gasteiger partial charge in [-0.2, -0.15) is 0 Å². The lowest BCUT2D eigenvalue weighted by molar-refractivity contribution is -0.141. The highest BCUT2D eigenvalue weighted by Gasteiger charge is 2.32. The molecule has 7 heteroatoms. The van der Waals surface area contributed by atoms with Crippen LogP contribution in [0.25, 0.3) is 0 Å². The van der Waals surface area contributed by atoms with Crippen LogP contribution in [-0.4, -0.2) is 79.4 Å². The van der Waals surface area contributed by atoms with E-state index in [-0.39, 0.29) is 23.7 Å². The minimum absolute atomic E-state index is 0.0109. The van der Waals surface area contributed by atoms with E-state index < -0.39 is 0 Å². The van der Waals surface area contributed by atoms with E-state index in [0.29, 0.717) is 38.5 Å². The van der Waals surface area contributed by atoms with Crippen molar-refractivity contribution in [2.75, 3.05) is 46.9 Å². The summed E-state index contributed by atoms with van der Waals surface area (Å²) in [5.41, 5.74) is 0. The number of likely N-dealkylation sites (N-methyl/N-ethyl adjacent to an activating group) is 2. The summed E-state index contributed by atoms with van der Waals surface area (Å²) in [6.07, 6.45) is 0. The van der Waals surface area contributed by atoms with Gasteiger partial charge in [-0.15, -0.1) is 0 Å². The van der Waals surface area contributed by atoms with Gasteiger partial charge in [0.1, 0.15) is 24.2 Å². The lowest BCUT2D eigenvalue weighted by Crippen LogP contribution is -2.58. The molecule has 1 atom stereocenters. The molecule has 0 bridgehead atoms. The fourth-order valence-electron chi connectivity index (χ4n) is 2.62. The van der Waals surface area contributed by atoms with Gasteiger partial charge < -0.3 is 14.5 Å². The second kappa shape index (κ2) is 8.10. The van der Waals surface area contributed by atoms with E-state index in [1.165, 1.54) is 19.1 Å². The average molecular weight is 337 g/mol. The Morgan fingerprint density at radius 1 is 1.29 bits per heavy atom. The summed E-state index contributed by atoms with van der Waals surface area (Å²) in [7, 11) is 3.61. The number of ether oxygens (including phenoxy) is 1. The van der Waals surface area contributed by atoms with Crippen LogP contribution in [0.3, 0.4) is 0 Å². The Bertz CT molecular complexity index is 579. The first-order valence-electron chi connectivity index (χ1n) is 7.97. The van der Waals surface area contributed by atoms with Gasteiger partial charge in [0.15, 0.2) is 0 Å². The van der Waals surface area contributed by atoms with Gasteiger partial charge in [-0.25, -0.2) is 4.39 Å². The minimum Gasteiger partial charge on any atom is -0.492 e. The highest BCUT2D eigenvalue weighted by Crippen LogP contribution is 2.12. The predicted molar refractivity (Wildman–Crippen MR) is 88.2 cm³/mol. The van der Waals surface area contributed by atoms with Crippen LogP contribution >= 0.6 is 0 Å². The molecule has 2 amide bonds. The largest absolute Gasteiger partial charge is 0.492 e. The van der Waals surface area contributed by atoms with E-state index >= 15 is 0 Å². The molecule has 1 aromatic rings. The van der Waals surface area contributed by atoms with Gasteiger partial charge in [-0.3, -0.25) is 14.5 Å². The Kier molecular flexibility index (Phi) is 6.14. The molecule has 6 nitrogen and oxygen atoms in total. The Morgan fingerprint density at radius 2 is 1.96 bits per heavy atom. The van der Waals surface area contributed by atoms with Crippen molar-refractivity contribution < 1.29 is 18.7 Å². The molecule has 0 saturated carbocycles. The van der Waals surface area contributed by atoms with Crippen molar-refractivity contribution >= 4 is 11.8 Å². The van der Waals surface area contributed by atoms with Crippen LogP contribution in [-0.2, 0) is 9.59 Å². The van der Waals surface area contributed by atoms with Crippen LogP contribution in [0.5, 0.6) is 5.75 Å². The third-order valence-electron chi connectivity index (χ3n) is 4.26.